The summed E-state index contributed by atoms with van der Waals surface area (Å²) in [5.41, 5.74) is 3.92. The van der Waals surface area contributed by atoms with Crippen LogP contribution in [-0.4, -0.2) is 35.7 Å². The Morgan fingerprint density at radius 2 is 1.80 bits per heavy atom. The highest BCUT2D eigenvalue weighted by Crippen LogP contribution is 2.50. The number of hydrogen-bond acceptors (Lipinski definition) is 3. The van der Waals surface area contributed by atoms with Gasteiger partial charge < -0.3 is 15.0 Å². The van der Waals surface area contributed by atoms with Crippen molar-refractivity contribution >= 4 is 11.8 Å². The molecule has 0 atom stereocenters. The highest BCUT2D eigenvalue weighted by atomic mass is 16.6. The Kier molecular flexibility index (Phi) is 4.74. The number of aryl methyl sites for hydroxylation is 2. The number of piperidine rings is 1. The van der Waals surface area contributed by atoms with Crippen LogP contribution in [0.2, 0.25) is 0 Å². The number of hydrogen-bond donors (Lipinski definition) is 1. The molecule has 0 unspecified atom stereocenters. The molecular weight excluding hydrogens is 312 g/mol. The third-order valence-corrected chi connectivity index (χ3v) is 5.71. The first-order valence-electron chi connectivity index (χ1n) is 9.48. The van der Waals surface area contributed by atoms with Gasteiger partial charge in [0.15, 0.2) is 0 Å². The Balaban J connectivity index is 1.46. The maximum Gasteiger partial charge on any atom is 0.410 e. The smallest absolute Gasteiger partial charge is 0.410 e. The topological polar surface area (TPSA) is 41.6 Å². The van der Waals surface area contributed by atoms with E-state index < -0.39 is 5.60 Å². The molecule has 0 bridgehead atoms. The van der Waals surface area contributed by atoms with E-state index in [4.69, 9.17) is 4.74 Å². The predicted octanol–water partition coefficient (Wildman–Crippen LogP) is 4.90. The highest BCUT2D eigenvalue weighted by molar-refractivity contribution is 5.68. The zero-order valence-corrected chi connectivity index (χ0v) is 16.3. The van der Waals surface area contributed by atoms with Gasteiger partial charge in [-0.25, -0.2) is 4.79 Å². The minimum absolute atomic E-state index is 0.161. The van der Waals surface area contributed by atoms with E-state index in [1.54, 1.807) is 0 Å². The van der Waals surface area contributed by atoms with Crippen molar-refractivity contribution in [1.82, 2.24) is 4.90 Å². The minimum atomic E-state index is -0.413. The lowest BCUT2D eigenvalue weighted by Crippen LogP contribution is -2.53. The van der Waals surface area contributed by atoms with Gasteiger partial charge in [-0.15, -0.1) is 0 Å². The number of nitrogens with zero attached hydrogens (tertiary/aromatic N) is 1. The first kappa shape index (κ1) is 18.1. The molecule has 1 aliphatic heterocycles. The van der Waals surface area contributed by atoms with E-state index in [0.29, 0.717) is 11.5 Å². The van der Waals surface area contributed by atoms with Gasteiger partial charge in [0.05, 0.1) is 0 Å². The molecule has 2 fully saturated rings. The molecule has 25 heavy (non-hydrogen) atoms. The summed E-state index contributed by atoms with van der Waals surface area (Å²) in [7, 11) is 0. The largest absolute Gasteiger partial charge is 0.444 e. The fraction of sp³-hybridized carbons (Fsp3) is 0.667. The number of anilines is 1. The molecule has 1 saturated heterocycles. The third kappa shape index (κ3) is 4.28. The van der Waals surface area contributed by atoms with Crippen molar-refractivity contribution < 1.29 is 9.53 Å². The highest BCUT2D eigenvalue weighted by Gasteiger charge is 2.46. The van der Waals surface area contributed by atoms with Crippen LogP contribution in [0.15, 0.2) is 18.2 Å². The van der Waals surface area contributed by atoms with Crippen LogP contribution in [0, 0.1) is 19.3 Å². The van der Waals surface area contributed by atoms with E-state index >= 15 is 0 Å². The molecule has 1 amide bonds. The second-order valence-corrected chi connectivity index (χ2v) is 9.02. The molecule has 1 aliphatic carbocycles. The summed E-state index contributed by atoms with van der Waals surface area (Å²) in [5.74, 6) is 0. The number of amides is 1. The van der Waals surface area contributed by atoms with Crippen molar-refractivity contribution in [2.24, 2.45) is 5.41 Å². The summed E-state index contributed by atoms with van der Waals surface area (Å²) in [5, 5.41) is 3.68. The molecule has 1 spiro atoms. The fourth-order valence-electron chi connectivity index (χ4n) is 4.05. The van der Waals surface area contributed by atoms with Gasteiger partial charge in [-0.05, 0) is 89.0 Å². The Hall–Kier alpha value is -1.71. The molecule has 0 aromatic heterocycles. The van der Waals surface area contributed by atoms with E-state index in [1.165, 1.54) is 29.7 Å². The van der Waals surface area contributed by atoms with Crippen LogP contribution in [0.5, 0.6) is 0 Å². The Morgan fingerprint density at radius 3 is 2.36 bits per heavy atom. The third-order valence-electron chi connectivity index (χ3n) is 5.71. The summed E-state index contributed by atoms with van der Waals surface area (Å²) < 4.78 is 5.49. The summed E-state index contributed by atoms with van der Waals surface area (Å²) in [4.78, 5) is 14.1. The number of nitrogens with one attached hydrogen (secondary N) is 1. The van der Waals surface area contributed by atoms with Crippen molar-refractivity contribution in [3.8, 4) is 0 Å². The van der Waals surface area contributed by atoms with E-state index in [0.717, 1.165) is 25.9 Å². The van der Waals surface area contributed by atoms with Crippen molar-refractivity contribution in [1.29, 1.82) is 0 Å². The van der Waals surface area contributed by atoms with Crippen molar-refractivity contribution in [3.63, 3.8) is 0 Å². The van der Waals surface area contributed by atoms with Gasteiger partial charge in [0, 0.05) is 24.8 Å². The van der Waals surface area contributed by atoms with Crippen LogP contribution in [0.4, 0.5) is 10.5 Å². The summed E-state index contributed by atoms with van der Waals surface area (Å²) in [6.45, 7) is 11.7. The van der Waals surface area contributed by atoms with Gasteiger partial charge in [0.25, 0.3) is 0 Å². The monoisotopic (exact) mass is 344 g/mol. The van der Waals surface area contributed by atoms with Crippen LogP contribution in [0.1, 0.15) is 57.6 Å². The van der Waals surface area contributed by atoms with Gasteiger partial charge in [-0.3, -0.25) is 0 Å². The standard InChI is InChI=1S/C21H32N2O2/c1-15-6-7-17(12-16(15)2)22-18-13-21(14-18)8-10-23(11-9-21)19(24)25-20(3,4)5/h6-7,12,18,22H,8-11,13-14H2,1-5H3. The number of likely N-dealkylation sites (tertiary alicyclic amines) is 1. The van der Waals surface area contributed by atoms with Crippen LogP contribution in [0.25, 0.3) is 0 Å². The SMILES string of the molecule is Cc1ccc(NC2CC3(CCN(C(=O)OC(C)(C)C)CC3)C2)cc1C. The maximum atomic E-state index is 12.2. The Morgan fingerprint density at radius 1 is 1.16 bits per heavy atom. The lowest BCUT2D eigenvalue weighted by Gasteiger charge is -2.52. The molecule has 138 valence electrons. The van der Waals surface area contributed by atoms with Crippen LogP contribution >= 0.6 is 0 Å². The molecule has 1 aromatic rings. The second kappa shape index (κ2) is 6.54. The fourth-order valence-corrected chi connectivity index (χ4v) is 4.05. The summed E-state index contributed by atoms with van der Waals surface area (Å²) in [6.07, 6.45) is 4.45. The normalized spacial score (nSPS) is 20.3. The number of carbonyl (C=O) groups excluding carboxylic acids is 1. The number of benzene rings is 1. The molecule has 3 rings (SSSR count). The molecule has 4 heteroatoms. The molecule has 1 saturated carbocycles. The average molecular weight is 344 g/mol. The molecule has 1 N–H and O–H groups in total. The van der Waals surface area contributed by atoms with E-state index in [9.17, 15) is 4.79 Å². The lowest BCUT2D eigenvalue weighted by atomic mass is 9.60. The molecule has 4 nitrogen and oxygen atoms in total. The molecule has 0 radical (unpaired) electrons. The number of ether oxygens (including phenoxy) is 1. The second-order valence-electron chi connectivity index (χ2n) is 9.02. The van der Waals surface area contributed by atoms with E-state index in [-0.39, 0.29) is 6.09 Å². The minimum Gasteiger partial charge on any atom is -0.444 e. The first-order valence-corrected chi connectivity index (χ1v) is 9.48. The van der Waals surface area contributed by atoms with E-state index in [1.807, 2.05) is 25.7 Å². The van der Waals surface area contributed by atoms with Gasteiger partial charge in [0.2, 0.25) is 0 Å². The van der Waals surface area contributed by atoms with E-state index in [2.05, 4.69) is 37.4 Å². The first-order chi connectivity index (χ1) is 11.7. The molecule has 2 aliphatic rings. The zero-order chi connectivity index (χ0) is 18.2. The quantitative estimate of drug-likeness (QED) is 0.830. The van der Waals surface area contributed by atoms with Crippen LogP contribution in [0.3, 0.4) is 0 Å². The van der Waals surface area contributed by atoms with Crippen LogP contribution < -0.4 is 5.32 Å². The number of carbonyl (C=O) groups is 1. The lowest BCUT2D eigenvalue weighted by molar-refractivity contribution is -0.00859. The summed E-state index contributed by atoms with van der Waals surface area (Å²) in [6, 6.07) is 7.17. The molecule has 1 aromatic carbocycles. The number of rotatable bonds is 2. The Bertz CT molecular complexity index is 632. The van der Waals surface area contributed by atoms with Crippen molar-refractivity contribution in [2.45, 2.75) is 71.9 Å². The Labute approximate surface area is 151 Å². The van der Waals surface area contributed by atoms with Gasteiger partial charge in [-0.2, -0.15) is 0 Å². The average Bonchev–Trinajstić information content (AvgIpc) is 2.48. The van der Waals surface area contributed by atoms with Crippen LogP contribution in [-0.2, 0) is 4.74 Å². The molecular formula is C21H32N2O2. The zero-order valence-electron chi connectivity index (χ0n) is 16.3. The predicted molar refractivity (Wildman–Crippen MR) is 102 cm³/mol. The van der Waals surface area contributed by atoms with Crippen molar-refractivity contribution in [2.75, 3.05) is 18.4 Å². The maximum absolute atomic E-state index is 12.2. The van der Waals surface area contributed by atoms with Gasteiger partial charge in [0.1, 0.15) is 5.60 Å². The van der Waals surface area contributed by atoms with Gasteiger partial charge >= 0.3 is 6.09 Å². The van der Waals surface area contributed by atoms with Crippen molar-refractivity contribution in [3.05, 3.63) is 29.3 Å². The summed E-state index contributed by atoms with van der Waals surface area (Å²) >= 11 is 0. The molecule has 1 heterocycles. The van der Waals surface area contributed by atoms with Gasteiger partial charge in [-0.1, -0.05) is 6.07 Å².